The maximum Gasteiger partial charge on any atom is 0.271 e. The summed E-state index contributed by atoms with van der Waals surface area (Å²) in [7, 11) is 0. The Labute approximate surface area is 151 Å². The SMILES string of the molecule is CC(NC(=O)c1ccc(=O)n(-c2ccc(F)cc2)n1)C1CC2CCC1C2. The first kappa shape index (κ1) is 16.9. The second-order valence-corrected chi connectivity index (χ2v) is 7.55. The van der Waals surface area contributed by atoms with E-state index in [1.165, 1.54) is 62.1 Å². The summed E-state index contributed by atoms with van der Waals surface area (Å²) in [4.78, 5) is 24.7. The van der Waals surface area contributed by atoms with Crippen LogP contribution in [0.25, 0.3) is 5.69 Å². The van der Waals surface area contributed by atoms with Crippen LogP contribution in [-0.2, 0) is 0 Å². The summed E-state index contributed by atoms with van der Waals surface area (Å²) in [6, 6.07) is 8.28. The maximum absolute atomic E-state index is 13.1. The Morgan fingerprint density at radius 3 is 2.62 bits per heavy atom. The topological polar surface area (TPSA) is 64.0 Å². The van der Waals surface area contributed by atoms with E-state index in [4.69, 9.17) is 0 Å². The lowest BCUT2D eigenvalue weighted by molar-refractivity contribution is 0.0908. The van der Waals surface area contributed by atoms with Gasteiger partial charge in [0, 0.05) is 12.1 Å². The van der Waals surface area contributed by atoms with Crippen molar-refractivity contribution in [1.82, 2.24) is 15.1 Å². The molecule has 1 aromatic heterocycles. The van der Waals surface area contributed by atoms with Gasteiger partial charge in [-0.2, -0.15) is 9.78 Å². The average molecular weight is 355 g/mol. The number of benzene rings is 1. The van der Waals surface area contributed by atoms with Crippen molar-refractivity contribution in [1.29, 1.82) is 0 Å². The Bertz CT molecular complexity index is 877. The van der Waals surface area contributed by atoms with Crippen molar-refractivity contribution in [3.8, 4) is 5.69 Å². The largest absolute Gasteiger partial charge is 0.348 e. The molecule has 0 radical (unpaired) electrons. The minimum Gasteiger partial charge on any atom is -0.348 e. The smallest absolute Gasteiger partial charge is 0.271 e. The van der Waals surface area contributed by atoms with Crippen molar-refractivity contribution in [2.24, 2.45) is 17.8 Å². The number of fused-ring (bicyclic) bond motifs is 2. The minimum absolute atomic E-state index is 0.0887. The van der Waals surface area contributed by atoms with E-state index in [0.29, 0.717) is 11.6 Å². The van der Waals surface area contributed by atoms with Gasteiger partial charge in [0.25, 0.3) is 11.5 Å². The quantitative estimate of drug-likeness (QED) is 0.917. The Kier molecular flexibility index (Phi) is 4.34. The minimum atomic E-state index is -0.393. The van der Waals surface area contributed by atoms with Crippen molar-refractivity contribution in [2.75, 3.05) is 0 Å². The molecule has 4 unspecified atom stereocenters. The number of carbonyl (C=O) groups excluding carboxylic acids is 1. The number of aromatic nitrogens is 2. The number of nitrogens with zero attached hydrogens (tertiary/aromatic N) is 2. The van der Waals surface area contributed by atoms with Gasteiger partial charge in [0.15, 0.2) is 0 Å². The molecule has 1 heterocycles. The highest BCUT2D eigenvalue weighted by Crippen LogP contribution is 2.49. The van der Waals surface area contributed by atoms with E-state index < -0.39 is 5.82 Å². The fourth-order valence-electron chi connectivity index (χ4n) is 4.59. The van der Waals surface area contributed by atoms with Crippen LogP contribution in [0.2, 0.25) is 0 Å². The Morgan fingerprint density at radius 2 is 1.96 bits per heavy atom. The van der Waals surface area contributed by atoms with E-state index in [-0.39, 0.29) is 23.2 Å². The summed E-state index contributed by atoms with van der Waals surface area (Å²) in [5.41, 5.74) is 0.241. The van der Waals surface area contributed by atoms with Crippen LogP contribution in [0.4, 0.5) is 4.39 Å². The summed E-state index contributed by atoms with van der Waals surface area (Å²) in [6.07, 6.45) is 5.07. The van der Waals surface area contributed by atoms with Gasteiger partial charge in [-0.1, -0.05) is 6.42 Å². The van der Waals surface area contributed by atoms with Gasteiger partial charge in [0.05, 0.1) is 5.69 Å². The number of rotatable bonds is 4. The summed E-state index contributed by atoms with van der Waals surface area (Å²) in [6.45, 7) is 2.05. The molecular formula is C20H22FN3O2. The van der Waals surface area contributed by atoms with Crippen LogP contribution >= 0.6 is 0 Å². The molecule has 2 fully saturated rings. The lowest BCUT2D eigenvalue weighted by atomic mass is 9.84. The van der Waals surface area contributed by atoms with E-state index in [1.54, 1.807) is 0 Å². The molecule has 4 atom stereocenters. The number of carbonyl (C=O) groups is 1. The van der Waals surface area contributed by atoms with Crippen LogP contribution in [0.3, 0.4) is 0 Å². The lowest BCUT2D eigenvalue weighted by Crippen LogP contribution is -2.41. The molecule has 2 aromatic rings. The molecule has 26 heavy (non-hydrogen) atoms. The average Bonchev–Trinajstić information content (AvgIpc) is 3.26. The molecular weight excluding hydrogens is 333 g/mol. The first-order valence-corrected chi connectivity index (χ1v) is 9.18. The second-order valence-electron chi connectivity index (χ2n) is 7.55. The molecule has 136 valence electrons. The molecule has 2 saturated carbocycles. The third kappa shape index (κ3) is 3.16. The molecule has 5 nitrogen and oxygen atoms in total. The Morgan fingerprint density at radius 1 is 1.19 bits per heavy atom. The molecule has 1 amide bonds. The van der Waals surface area contributed by atoms with Crippen molar-refractivity contribution in [3.05, 3.63) is 58.3 Å². The molecule has 6 heteroatoms. The summed E-state index contributed by atoms with van der Waals surface area (Å²) >= 11 is 0. The van der Waals surface area contributed by atoms with Gasteiger partial charge >= 0.3 is 0 Å². The lowest BCUT2D eigenvalue weighted by Gasteiger charge is -2.28. The van der Waals surface area contributed by atoms with E-state index in [0.717, 1.165) is 16.5 Å². The normalized spacial score (nSPS) is 25.2. The number of halogens is 1. The van der Waals surface area contributed by atoms with Crippen LogP contribution in [0.15, 0.2) is 41.2 Å². The van der Waals surface area contributed by atoms with E-state index in [2.05, 4.69) is 17.3 Å². The molecule has 2 aliphatic carbocycles. The van der Waals surface area contributed by atoms with Crippen molar-refractivity contribution >= 4 is 5.91 Å². The standard InChI is InChI=1S/C20H22FN3O2/c1-12(17-11-13-2-3-14(17)10-13)22-20(26)18-8-9-19(25)24(23-18)16-6-4-15(21)5-7-16/h4-9,12-14,17H,2-3,10-11H2,1H3,(H,22,26). The summed E-state index contributed by atoms with van der Waals surface area (Å²) in [5, 5.41) is 7.22. The summed E-state index contributed by atoms with van der Waals surface area (Å²) < 4.78 is 14.2. The molecule has 1 aromatic carbocycles. The van der Waals surface area contributed by atoms with Crippen molar-refractivity contribution in [3.63, 3.8) is 0 Å². The highest BCUT2D eigenvalue weighted by Gasteiger charge is 2.42. The molecule has 0 aliphatic heterocycles. The van der Waals surface area contributed by atoms with Gasteiger partial charge in [0.2, 0.25) is 0 Å². The third-order valence-corrected chi connectivity index (χ3v) is 5.90. The Hall–Kier alpha value is -2.50. The van der Waals surface area contributed by atoms with Gasteiger partial charge in [0.1, 0.15) is 11.5 Å². The van der Waals surface area contributed by atoms with Crippen molar-refractivity contribution in [2.45, 2.75) is 38.6 Å². The van der Waals surface area contributed by atoms with E-state index in [1.807, 2.05) is 0 Å². The van der Waals surface area contributed by atoms with Gasteiger partial charge in [-0.25, -0.2) is 4.39 Å². The molecule has 2 aliphatic rings. The number of hydrogen-bond donors (Lipinski definition) is 1. The maximum atomic E-state index is 13.1. The predicted molar refractivity (Wildman–Crippen MR) is 95.7 cm³/mol. The van der Waals surface area contributed by atoms with Crippen molar-refractivity contribution < 1.29 is 9.18 Å². The summed E-state index contributed by atoms with van der Waals surface area (Å²) in [5.74, 6) is 1.39. The van der Waals surface area contributed by atoms with Crippen LogP contribution in [0, 0.1) is 23.6 Å². The van der Waals surface area contributed by atoms with Gasteiger partial charge in [-0.15, -0.1) is 0 Å². The number of amides is 1. The highest BCUT2D eigenvalue weighted by molar-refractivity contribution is 5.92. The fourth-order valence-corrected chi connectivity index (χ4v) is 4.59. The van der Waals surface area contributed by atoms with Gasteiger partial charge < -0.3 is 5.32 Å². The molecule has 2 bridgehead atoms. The molecule has 0 spiro atoms. The monoisotopic (exact) mass is 355 g/mol. The second kappa shape index (κ2) is 6.67. The van der Waals surface area contributed by atoms with E-state index >= 15 is 0 Å². The predicted octanol–water partition coefficient (Wildman–Crippen LogP) is 2.93. The van der Waals surface area contributed by atoms with Crippen LogP contribution < -0.4 is 10.9 Å². The first-order chi connectivity index (χ1) is 12.5. The molecule has 0 saturated heterocycles. The third-order valence-electron chi connectivity index (χ3n) is 5.90. The zero-order chi connectivity index (χ0) is 18.3. The fraction of sp³-hybridized carbons (Fsp3) is 0.450. The van der Waals surface area contributed by atoms with Crippen LogP contribution in [0.5, 0.6) is 0 Å². The van der Waals surface area contributed by atoms with Crippen LogP contribution in [0.1, 0.15) is 43.1 Å². The molecule has 1 N–H and O–H groups in total. The van der Waals surface area contributed by atoms with Gasteiger partial charge in [-0.3, -0.25) is 9.59 Å². The zero-order valence-corrected chi connectivity index (χ0v) is 14.7. The zero-order valence-electron chi connectivity index (χ0n) is 14.7. The molecule has 4 rings (SSSR count). The first-order valence-electron chi connectivity index (χ1n) is 9.18. The highest BCUT2D eigenvalue weighted by atomic mass is 19.1. The number of hydrogen-bond acceptors (Lipinski definition) is 3. The Balaban J connectivity index is 1.52. The van der Waals surface area contributed by atoms with Gasteiger partial charge in [-0.05, 0) is 74.3 Å². The van der Waals surface area contributed by atoms with Crippen LogP contribution in [-0.4, -0.2) is 21.7 Å². The number of nitrogens with one attached hydrogen (secondary N) is 1. The van der Waals surface area contributed by atoms with E-state index in [9.17, 15) is 14.0 Å².